The van der Waals surface area contributed by atoms with Gasteiger partial charge in [-0.05, 0) is 12.3 Å². The predicted octanol–water partition coefficient (Wildman–Crippen LogP) is 2.93. The highest BCUT2D eigenvalue weighted by Gasteiger charge is 1.98. The molecule has 0 amide bonds. The van der Waals surface area contributed by atoms with E-state index in [4.69, 9.17) is 0 Å². The van der Waals surface area contributed by atoms with E-state index in [1.54, 1.807) is 0 Å². The van der Waals surface area contributed by atoms with Crippen LogP contribution in [0.3, 0.4) is 0 Å². The van der Waals surface area contributed by atoms with Crippen molar-refractivity contribution in [3.63, 3.8) is 0 Å². The van der Waals surface area contributed by atoms with Gasteiger partial charge in [-0.15, -0.1) is 0 Å². The number of rotatable bonds is 6. The van der Waals surface area contributed by atoms with Crippen molar-refractivity contribution in [3.05, 3.63) is 12.2 Å². The monoisotopic (exact) mass is 184 g/mol. The number of ether oxygens (including phenoxy) is 1. The second-order valence-corrected chi connectivity index (χ2v) is 3.36. The number of hydrogen-bond acceptors (Lipinski definition) is 2. The Hall–Kier alpha value is -0.790. The Balaban J connectivity index is 3.54. The summed E-state index contributed by atoms with van der Waals surface area (Å²) in [5.74, 6) is 0.216. The zero-order chi connectivity index (χ0) is 10.1. The second kappa shape index (κ2) is 7.84. The quantitative estimate of drug-likeness (QED) is 0.360. The minimum absolute atomic E-state index is 0.262. The first kappa shape index (κ1) is 12.2. The highest BCUT2D eigenvalue weighted by Crippen LogP contribution is 2.10. The summed E-state index contributed by atoms with van der Waals surface area (Å²) in [5, 5.41) is 0. The molecule has 0 saturated carbocycles. The molecule has 0 unspecified atom stereocenters. The lowest BCUT2D eigenvalue weighted by molar-refractivity contribution is -0.134. The van der Waals surface area contributed by atoms with Crippen molar-refractivity contribution >= 4 is 5.97 Å². The van der Waals surface area contributed by atoms with Crippen LogP contribution < -0.4 is 0 Å². The molecule has 0 aromatic heterocycles. The van der Waals surface area contributed by atoms with Crippen LogP contribution in [0.1, 0.15) is 39.5 Å². The van der Waals surface area contributed by atoms with E-state index < -0.39 is 0 Å². The van der Waals surface area contributed by atoms with Gasteiger partial charge in [0.25, 0.3) is 0 Å². The molecule has 13 heavy (non-hydrogen) atoms. The fourth-order valence-electron chi connectivity index (χ4n) is 1.12. The van der Waals surface area contributed by atoms with E-state index in [2.05, 4.69) is 18.6 Å². The topological polar surface area (TPSA) is 26.3 Å². The fraction of sp³-hybridized carbons (Fsp3) is 0.727. The Kier molecular flexibility index (Phi) is 7.36. The van der Waals surface area contributed by atoms with Gasteiger partial charge in [-0.1, -0.05) is 39.2 Å². The minimum atomic E-state index is -0.262. The standard InChI is InChI=1S/C11H20O2/c1-4-5-6-7-10(2)8-9-11(12)13-3/h8-10H,4-7H2,1-3H3/b9-8+/t10-/m0/s1. The molecule has 76 valence electrons. The molecule has 1 atom stereocenters. The molecule has 0 fully saturated rings. The average molecular weight is 184 g/mol. The zero-order valence-electron chi connectivity index (χ0n) is 8.88. The third-order valence-electron chi connectivity index (χ3n) is 2.03. The van der Waals surface area contributed by atoms with Crippen molar-refractivity contribution in [1.29, 1.82) is 0 Å². The molecule has 0 rings (SSSR count). The van der Waals surface area contributed by atoms with Gasteiger partial charge in [-0.25, -0.2) is 4.79 Å². The Bertz CT molecular complexity index is 161. The van der Waals surface area contributed by atoms with Crippen molar-refractivity contribution < 1.29 is 9.53 Å². The summed E-state index contributed by atoms with van der Waals surface area (Å²) in [6.45, 7) is 4.31. The van der Waals surface area contributed by atoms with E-state index in [0.717, 1.165) is 6.42 Å². The van der Waals surface area contributed by atoms with E-state index in [1.807, 2.05) is 6.08 Å². The first-order valence-corrected chi connectivity index (χ1v) is 4.96. The van der Waals surface area contributed by atoms with Crippen molar-refractivity contribution in [1.82, 2.24) is 0 Å². The number of carbonyl (C=O) groups excluding carboxylic acids is 1. The van der Waals surface area contributed by atoms with Crippen LogP contribution in [0.15, 0.2) is 12.2 Å². The van der Waals surface area contributed by atoms with Crippen molar-refractivity contribution in [2.75, 3.05) is 7.11 Å². The maximum Gasteiger partial charge on any atom is 0.330 e. The smallest absolute Gasteiger partial charge is 0.330 e. The van der Waals surface area contributed by atoms with Crippen LogP contribution in [0.2, 0.25) is 0 Å². The largest absolute Gasteiger partial charge is 0.466 e. The van der Waals surface area contributed by atoms with Gasteiger partial charge in [0.15, 0.2) is 0 Å². The third kappa shape index (κ3) is 7.57. The number of methoxy groups -OCH3 is 1. The molecule has 0 saturated heterocycles. The number of hydrogen-bond donors (Lipinski definition) is 0. The average Bonchev–Trinajstić information content (AvgIpc) is 2.14. The van der Waals surface area contributed by atoms with Gasteiger partial charge in [0, 0.05) is 6.08 Å². The number of unbranched alkanes of at least 4 members (excludes halogenated alkanes) is 2. The summed E-state index contributed by atoms with van der Waals surface area (Å²) >= 11 is 0. The second-order valence-electron chi connectivity index (χ2n) is 3.36. The van der Waals surface area contributed by atoms with Gasteiger partial charge in [-0.3, -0.25) is 0 Å². The van der Waals surface area contributed by atoms with E-state index in [9.17, 15) is 4.79 Å². The van der Waals surface area contributed by atoms with Crippen LogP contribution in [0.4, 0.5) is 0 Å². The van der Waals surface area contributed by atoms with E-state index >= 15 is 0 Å². The molecule has 0 bridgehead atoms. The normalized spacial score (nSPS) is 13.2. The van der Waals surface area contributed by atoms with Gasteiger partial charge < -0.3 is 4.74 Å². The summed E-state index contributed by atoms with van der Waals surface area (Å²) < 4.78 is 4.50. The molecular weight excluding hydrogens is 164 g/mol. The molecule has 2 nitrogen and oxygen atoms in total. The maximum atomic E-state index is 10.7. The number of esters is 1. The van der Waals surface area contributed by atoms with Crippen LogP contribution in [-0.2, 0) is 9.53 Å². The van der Waals surface area contributed by atoms with Crippen LogP contribution >= 0.6 is 0 Å². The Morgan fingerprint density at radius 3 is 2.69 bits per heavy atom. The van der Waals surface area contributed by atoms with Crippen molar-refractivity contribution in [3.8, 4) is 0 Å². The van der Waals surface area contributed by atoms with Gasteiger partial charge >= 0.3 is 5.97 Å². The Labute approximate surface area is 81.0 Å². The van der Waals surface area contributed by atoms with E-state index in [-0.39, 0.29) is 5.97 Å². The van der Waals surface area contributed by atoms with Crippen LogP contribution in [0.25, 0.3) is 0 Å². The van der Waals surface area contributed by atoms with Crippen molar-refractivity contribution in [2.24, 2.45) is 5.92 Å². The zero-order valence-corrected chi connectivity index (χ0v) is 8.88. The molecule has 0 radical (unpaired) electrons. The molecule has 0 aromatic carbocycles. The third-order valence-corrected chi connectivity index (χ3v) is 2.03. The predicted molar refractivity (Wildman–Crippen MR) is 54.5 cm³/mol. The number of carbonyl (C=O) groups is 1. The molecule has 2 heteroatoms. The van der Waals surface area contributed by atoms with Crippen LogP contribution in [0, 0.1) is 5.92 Å². The van der Waals surface area contributed by atoms with Crippen LogP contribution in [-0.4, -0.2) is 13.1 Å². The maximum absolute atomic E-state index is 10.7. The molecule has 0 aliphatic rings. The van der Waals surface area contributed by atoms with Crippen molar-refractivity contribution in [2.45, 2.75) is 39.5 Å². The molecule has 0 aliphatic carbocycles. The fourth-order valence-corrected chi connectivity index (χ4v) is 1.12. The Morgan fingerprint density at radius 2 is 2.15 bits per heavy atom. The summed E-state index contributed by atoms with van der Waals surface area (Å²) in [4.78, 5) is 10.7. The molecule has 0 heterocycles. The van der Waals surface area contributed by atoms with Crippen LogP contribution in [0.5, 0.6) is 0 Å². The lowest BCUT2D eigenvalue weighted by Gasteiger charge is -2.03. The lowest BCUT2D eigenvalue weighted by Crippen LogP contribution is -1.96. The number of allylic oxidation sites excluding steroid dienone is 1. The molecular formula is C11H20O2. The highest BCUT2D eigenvalue weighted by atomic mass is 16.5. The van der Waals surface area contributed by atoms with E-state index in [1.165, 1.54) is 32.4 Å². The highest BCUT2D eigenvalue weighted by molar-refractivity contribution is 5.81. The molecule has 0 N–H and O–H groups in total. The van der Waals surface area contributed by atoms with Gasteiger partial charge in [0.1, 0.15) is 0 Å². The first-order valence-electron chi connectivity index (χ1n) is 4.96. The minimum Gasteiger partial charge on any atom is -0.466 e. The molecule has 0 spiro atoms. The van der Waals surface area contributed by atoms with Gasteiger partial charge in [0.2, 0.25) is 0 Å². The molecule has 0 aliphatic heterocycles. The summed E-state index contributed by atoms with van der Waals surface area (Å²) in [6, 6.07) is 0. The van der Waals surface area contributed by atoms with Gasteiger partial charge in [0.05, 0.1) is 7.11 Å². The summed E-state index contributed by atoms with van der Waals surface area (Å²) in [5.41, 5.74) is 0. The molecule has 0 aromatic rings. The lowest BCUT2D eigenvalue weighted by atomic mass is 10.0. The first-order chi connectivity index (χ1) is 6.20. The SMILES string of the molecule is CCCCC[C@H](C)/C=C/C(=O)OC. The van der Waals surface area contributed by atoms with Gasteiger partial charge in [-0.2, -0.15) is 0 Å². The summed E-state index contributed by atoms with van der Waals surface area (Å²) in [6.07, 6.45) is 8.34. The Morgan fingerprint density at radius 1 is 1.46 bits per heavy atom. The van der Waals surface area contributed by atoms with E-state index in [0.29, 0.717) is 5.92 Å². The summed E-state index contributed by atoms with van der Waals surface area (Å²) in [7, 11) is 1.40.